The van der Waals surface area contributed by atoms with Gasteiger partial charge in [0.1, 0.15) is 0 Å². The molecule has 3 heteroatoms. The van der Waals surface area contributed by atoms with Crippen molar-refractivity contribution in [3.63, 3.8) is 0 Å². The summed E-state index contributed by atoms with van der Waals surface area (Å²) in [7, 11) is 0. The van der Waals surface area contributed by atoms with Crippen LogP contribution in [0.5, 0.6) is 0 Å². The Hall–Kier alpha value is -1.92. The van der Waals surface area contributed by atoms with Gasteiger partial charge in [0.2, 0.25) is 0 Å². The molecule has 1 heterocycles. The largest absolute Gasteiger partial charge is 0.323 e. The van der Waals surface area contributed by atoms with Gasteiger partial charge in [0.25, 0.3) is 0 Å². The average Bonchev–Trinajstić information content (AvgIpc) is 2.29. The van der Waals surface area contributed by atoms with Gasteiger partial charge in [-0.05, 0) is 17.7 Å². The van der Waals surface area contributed by atoms with Crippen LogP contribution in [0, 0.1) is 12.3 Å². The molecule has 0 aliphatic heterocycles. The van der Waals surface area contributed by atoms with Crippen LogP contribution in [0.4, 0.5) is 0 Å². The normalized spacial score (nSPS) is 12.3. The van der Waals surface area contributed by atoms with E-state index in [-0.39, 0.29) is 6.04 Å². The van der Waals surface area contributed by atoms with Gasteiger partial charge in [-0.1, -0.05) is 6.07 Å². The lowest BCUT2D eigenvalue weighted by molar-refractivity contribution is 0.755. The third-order valence-electron chi connectivity index (χ3n) is 2.26. The third-order valence-corrected chi connectivity index (χ3v) is 2.26. The molecule has 2 rings (SSSR count). The summed E-state index contributed by atoms with van der Waals surface area (Å²) in [6, 6.07) is 5.67. The number of fused-ring (bicyclic) bond motifs is 1. The van der Waals surface area contributed by atoms with E-state index in [0.717, 1.165) is 16.6 Å². The summed E-state index contributed by atoms with van der Waals surface area (Å²) in [5, 5.41) is 0. The molecular weight excluding hydrogens is 186 g/mol. The van der Waals surface area contributed by atoms with E-state index in [2.05, 4.69) is 15.9 Å². The van der Waals surface area contributed by atoms with E-state index < -0.39 is 0 Å². The van der Waals surface area contributed by atoms with Crippen molar-refractivity contribution in [1.82, 2.24) is 9.97 Å². The maximum Gasteiger partial charge on any atom is 0.0890 e. The fourth-order valence-corrected chi connectivity index (χ4v) is 1.46. The molecule has 0 fully saturated rings. The number of terminal acetylenes is 1. The van der Waals surface area contributed by atoms with Crippen molar-refractivity contribution < 1.29 is 0 Å². The highest BCUT2D eigenvalue weighted by Gasteiger charge is 2.05. The Labute approximate surface area is 88.4 Å². The van der Waals surface area contributed by atoms with Gasteiger partial charge in [0, 0.05) is 24.9 Å². The van der Waals surface area contributed by atoms with E-state index in [1.54, 1.807) is 12.4 Å². The third kappa shape index (κ3) is 1.95. The molecule has 74 valence electrons. The number of hydrogen-bond donors (Lipinski definition) is 1. The smallest absolute Gasteiger partial charge is 0.0890 e. The standard InChI is InChI=1S/C12H11N3/c1-2-3-10(13)9-4-5-11-12(8-9)15-7-6-14-11/h1,4-8,10H,3,13H2. The van der Waals surface area contributed by atoms with Gasteiger partial charge in [-0.2, -0.15) is 0 Å². The molecule has 1 aromatic heterocycles. The molecule has 2 N–H and O–H groups in total. The van der Waals surface area contributed by atoms with E-state index in [1.807, 2.05) is 18.2 Å². The molecule has 0 aliphatic rings. The fraction of sp³-hybridized carbons (Fsp3) is 0.167. The summed E-state index contributed by atoms with van der Waals surface area (Å²) in [5.74, 6) is 2.55. The summed E-state index contributed by atoms with van der Waals surface area (Å²) >= 11 is 0. The summed E-state index contributed by atoms with van der Waals surface area (Å²) in [6.07, 6.45) is 9.09. The topological polar surface area (TPSA) is 51.8 Å². The Morgan fingerprint density at radius 2 is 2.00 bits per heavy atom. The Morgan fingerprint density at radius 1 is 1.27 bits per heavy atom. The second kappa shape index (κ2) is 4.07. The molecule has 0 saturated carbocycles. The van der Waals surface area contributed by atoms with Crippen LogP contribution in [0.15, 0.2) is 30.6 Å². The summed E-state index contributed by atoms with van der Waals surface area (Å²) in [4.78, 5) is 8.40. The molecule has 0 amide bonds. The monoisotopic (exact) mass is 197 g/mol. The zero-order chi connectivity index (χ0) is 10.7. The van der Waals surface area contributed by atoms with Gasteiger partial charge in [0.15, 0.2) is 0 Å². The number of hydrogen-bond acceptors (Lipinski definition) is 3. The number of nitrogens with zero attached hydrogens (tertiary/aromatic N) is 2. The van der Waals surface area contributed by atoms with Crippen LogP contribution in [0.3, 0.4) is 0 Å². The predicted octanol–water partition coefficient (Wildman–Crippen LogP) is 1.65. The van der Waals surface area contributed by atoms with E-state index in [9.17, 15) is 0 Å². The molecular formula is C12H11N3. The molecule has 2 aromatic rings. The van der Waals surface area contributed by atoms with Crippen molar-refractivity contribution in [3.05, 3.63) is 36.2 Å². The molecule has 0 saturated heterocycles. The van der Waals surface area contributed by atoms with E-state index in [4.69, 9.17) is 12.2 Å². The number of aromatic nitrogens is 2. The van der Waals surface area contributed by atoms with Crippen molar-refractivity contribution in [3.8, 4) is 12.3 Å². The van der Waals surface area contributed by atoms with Crippen molar-refractivity contribution in [2.45, 2.75) is 12.5 Å². The molecule has 1 aromatic carbocycles. The molecule has 0 radical (unpaired) electrons. The second-order valence-corrected chi connectivity index (χ2v) is 3.32. The minimum Gasteiger partial charge on any atom is -0.323 e. The fourth-order valence-electron chi connectivity index (χ4n) is 1.46. The molecule has 15 heavy (non-hydrogen) atoms. The number of rotatable bonds is 2. The van der Waals surface area contributed by atoms with Crippen molar-refractivity contribution in [2.75, 3.05) is 0 Å². The molecule has 3 nitrogen and oxygen atoms in total. The highest BCUT2D eigenvalue weighted by molar-refractivity contribution is 5.74. The van der Waals surface area contributed by atoms with Crippen molar-refractivity contribution in [1.29, 1.82) is 0 Å². The maximum atomic E-state index is 5.91. The van der Waals surface area contributed by atoms with E-state index in [0.29, 0.717) is 6.42 Å². The van der Waals surface area contributed by atoms with Crippen LogP contribution in [0.25, 0.3) is 11.0 Å². The van der Waals surface area contributed by atoms with Crippen LogP contribution >= 0.6 is 0 Å². The maximum absolute atomic E-state index is 5.91. The van der Waals surface area contributed by atoms with Gasteiger partial charge in [-0.15, -0.1) is 12.3 Å². The molecule has 1 unspecified atom stereocenters. The molecule has 1 atom stereocenters. The lowest BCUT2D eigenvalue weighted by Gasteiger charge is -2.08. The molecule has 0 aliphatic carbocycles. The minimum absolute atomic E-state index is 0.124. The van der Waals surface area contributed by atoms with E-state index in [1.165, 1.54) is 0 Å². The van der Waals surface area contributed by atoms with Gasteiger partial charge in [0.05, 0.1) is 11.0 Å². The predicted molar refractivity (Wildman–Crippen MR) is 59.9 cm³/mol. The van der Waals surface area contributed by atoms with Crippen LogP contribution < -0.4 is 5.73 Å². The van der Waals surface area contributed by atoms with Crippen molar-refractivity contribution in [2.24, 2.45) is 5.73 Å². The molecule has 0 bridgehead atoms. The summed E-state index contributed by atoms with van der Waals surface area (Å²) < 4.78 is 0. The highest BCUT2D eigenvalue weighted by atomic mass is 14.8. The number of nitrogens with two attached hydrogens (primary N) is 1. The Balaban J connectivity index is 2.43. The van der Waals surface area contributed by atoms with E-state index >= 15 is 0 Å². The first-order chi connectivity index (χ1) is 7.31. The highest BCUT2D eigenvalue weighted by Crippen LogP contribution is 2.17. The van der Waals surface area contributed by atoms with Gasteiger partial charge in [-0.25, -0.2) is 0 Å². The number of benzene rings is 1. The zero-order valence-electron chi connectivity index (χ0n) is 8.22. The lowest BCUT2D eigenvalue weighted by atomic mass is 10.0. The Bertz CT molecular complexity index is 514. The quantitative estimate of drug-likeness (QED) is 0.745. The first-order valence-corrected chi connectivity index (χ1v) is 4.71. The van der Waals surface area contributed by atoms with Crippen LogP contribution in [-0.4, -0.2) is 9.97 Å². The Morgan fingerprint density at radius 3 is 2.73 bits per heavy atom. The zero-order valence-corrected chi connectivity index (χ0v) is 8.22. The van der Waals surface area contributed by atoms with Gasteiger partial charge >= 0.3 is 0 Å². The van der Waals surface area contributed by atoms with Crippen LogP contribution in [0.2, 0.25) is 0 Å². The van der Waals surface area contributed by atoms with Crippen molar-refractivity contribution >= 4 is 11.0 Å². The first-order valence-electron chi connectivity index (χ1n) is 4.71. The van der Waals surface area contributed by atoms with Gasteiger partial charge < -0.3 is 5.73 Å². The molecule has 0 spiro atoms. The van der Waals surface area contributed by atoms with Gasteiger partial charge in [-0.3, -0.25) is 9.97 Å². The van der Waals surface area contributed by atoms with Crippen LogP contribution in [0.1, 0.15) is 18.0 Å². The van der Waals surface area contributed by atoms with Crippen LogP contribution in [-0.2, 0) is 0 Å². The lowest BCUT2D eigenvalue weighted by Crippen LogP contribution is -2.09. The SMILES string of the molecule is C#CCC(N)c1ccc2nccnc2c1. The first kappa shape index (κ1) is 9.63. The Kier molecular flexibility index (Phi) is 2.61. The second-order valence-electron chi connectivity index (χ2n) is 3.32. The summed E-state index contributed by atoms with van der Waals surface area (Å²) in [6.45, 7) is 0. The average molecular weight is 197 g/mol. The minimum atomic E-state index is -0.124. The summed E-state index contributed by atoms with van der Waals surface area (Å²) in [5.41, 5.74) is 8.63.